The van der Waals surface area contributed by atoms with E-state index in [-0.39, 0.29) is 0 Å². The Labute approximate surface area is 127 Å². The first-order valence-electron chi connectivity index (χ1n) is 7.95. The van der Waals surface area contributed by atoms with Crippen molar-refractivity contribution in [2.75, 3.05) is 26.8 Å². The lowest BCUT2D eigenvalue weighted by atomic mass is 10.1. The fourth-order valence-electron chi connectivity index (χ4n) is 2.82. The van der Waals surface area contributed by atoms with Gasteiger partial charge in [0, 0.05) is 38.3 Å². The van der Waals surface area contributed by atoms with E-state index in [0.29, 0.717) is 0 Å². The van der Waals surface area contributed by atoms with Crippen LogP contribution in [-0.2, 0) is 17.8 Å². The van der Waals surface area contributed by atoms with Crippen molar-refractivity contribution in [2.45, 2.75) is 45.3 Å². The van der Waals surface area contributed by atoms with Crippen molar-refractivity contribution in [2.24, 2.45) is 0 Å². The molecule has 0 unspecified atom stereocenters. The molecule has 1 aromatic rings. The van der Waals surface area contributed by atoms with Gasteiger partial charge in [0.25, 0.3) is 0 Å². The Hall–Kier alpha value is -1.10. The second-order valence-corrected chi connectivity index (χ2v) is 6.23. The molecule has 2 heterocycles. The lowest BCUT2D eigenvalue weighted by Gasteiger charge is -2.25. The van der Waals surface area contributed by atoms with Gasteiger partial charge in [0.1, 0.15) is 11.5 Å². The number of hydrogen-bond donors (Lipinski definition) is 1. The van der Waals surface area contributed by atoms with E-state index in [0.717, 1.165) is 56.8 Å². The van der Waals surface area contributed by atoms with Crippen LogP contribution in [0.25, 0.3) is 0 Å². The normalized spacial score (nSPS) is 19.8. The van der Waals surface area contributed by atoms with Gasteiger partial charge in [-0.2, -0.15) is 0 Å². The second kappa shape index (κ2) is 6.77. The van der Waals surface area contributed by atoms with Crippen LogP contribution in [0.3, 0.4) is 0 Å². The molecule has 0 atom stereocenters. The molecule has 0 spiro atoms. The van der Waals surface area contributed by atoms with Gasteiger partial charge in [-0.15, -0.1) is 0 Å². The fourth-order valence-corrected chi connectivity index (χ4v) is 2.82. The number of rotatable bonds is 7. The summed E-state index contributed by atoms with van der Waals surface area (Å²) in [5.41, 5.74) is 2.73. The van der Waals surface area contributed by atoms with Gasteiger partial charge in [-0.3, -0.25) is 4.90 Å². The Morgan fingerprint density at radius 1 is 1.43 bits per heavy atom. The maximum absolute atomic E-state index is 5.92. The lowest BCUT2D eigenvalue weighted by Crippen LogP contribution is -2.28. The Kier molecular flexibility index (Phi) is 4.78. The van der Waals surface area contributed by atoms with Crippen molar-refractivity contribution in [3.05, 3.63) is 34.8 Å². The van der Waals surface area contributed by atoms with Crippen LogP contribution in [0.4, 0.5) is 0 Å². The summed E-state index contributed by atoms with van der Waals surface area (Å²) in [6.45, 7) is 6.77. The zero-order valence-electron chi connectivity index (χ0n) is 13.2. The summed E-state index contributed by atoms with van der Waals surface area (Å²) in [4.78, 5) is 2.43. The Morgan fingerprint density at radius 2 is 2.29 bits per heavy atom. The molecule has 0 aromatic carbocycles. The predicted molar refractivity (Wildman–Crippen MR) is 83.2 cm³/mol. The van der Waals surface area contributed by atoms with E-state index in [4.69, 9.17) is 9.15 Å². The van der Waals surface area contributed by atoms with E-state index in [9.17, 15) is 0 Å². The molecule has 1 aliphatic carbocycles. The lowest BCUT2D eigenvalue weighted by molar-refractivity contribution is 0.206. The van der Waals surface area contributed by atoms with Crippen LogP contribution < -0.4 is 5.32 Å². The molecular formula is C17H26N2O2. The quantitative estimate of drug-likeness (QED) is 0.783. The highest BCUT2D eigenvalue weighted by atomic mass is 16.5. The molecule has 4 heteroatoms. The minimum Gasteiger partial charge on any atom is -0.465 e. The SMILES string of the molecule is COCC1=CCN(Cc2cc(CNC3CC3)c(C)o2)CC1. The number of methoxy groups -OCH3 is 1. The van der Waals surface area contributed by atoms with Crippen molar-refractivity contribution in [3.63, 3.8) is 0 Å². The Bertz CT molecular complexity index is 503. The van der Waals surface area contributed by atoms with E-state index in [1.54, 1.807) is 7.11 Å². The maximum atomic E-state index is 5.92. The molecule has 21 heavy (non-hydrogen) atoms. The summed E-state index contributed by atoms with van der Waals surface area (Å²) in [6.07, 6.45) is 6.04. The smallest absolute Gasteiger partial charge is 0.118 e. The van der Waals surface area contributed by atoms with E-state index in [2.05, 4.69) is 29.3 Å². The van der Waals surface area contributed by atoms with Gasteiger partial charge in [0.15, 0.2) is 0 Å². The van der Waals surface area contributed by atoms with Crippen LogP contribution in [0, 0.1) is 6.92 Å². The molecule has 0 saturated heterocycles. The topological polar surface area (TPSA) is 37.6 Å². The zero-order valence-corrected chi connectivity index (χ0v) is 13.2. The molecule has 1 aromatic heterocycles. The molecule has 0 bridgehead atoms. The largest absolute Gasteiger partial charge is 0.465 e. The Morgan fingerprint density at radius 3 is 2.95 bits per heavy atom. The van der Waals surface area contributed by atoms with Crippen LogP contribution in [0.5, 0.6) is 0 Å². The molecule has 116 valence electrons. The number of nitrogens with zero attached hydrogens (tertiary/aromatic N) is 1. The Balaban J connectivity index is 1.52. The molecule has 0 amide bonds. The molecule has 4 nitrogen and oxygen atoms in total. The van der Waals surface area contributed by atoms with Gasteiger partial charge in [-0.25, -0.2) is 0 Å². The van der Waals surface area contributed by atoms with Gasteiger partial charge in [-0.05, 0) is 37.8 Å². The second-order valence-electron chi connectivity index (χ2n) is 6.23. The minimum atomic E-state index is 0.745. The van der Waals surface area contributed by atoms with E-state index in [1.807, 2.05) is 0 Å². The number of nitrogens with one attached hydrogen (secondary N) is 1. The van der Waals surface area contributed by atoms with E-state index >= 15 is 0 Å². The molecule has 2 aliphatic rings. The first-order valence-corrected chi connectivity index (χ1v) is 7.95. The average molecular weight is 290 g/mol. The fraction of sp³-hybridized carbons (Fsp3) is 0.647. The summed E-state index contributed by atoms with van der Waals surface area (Å²) in [6, 6.07) is 2.97. The van der Waals surface area contributed by atoms with Crippen LogP contribution in [0.15, 0.2) is 22.1 Å². The van der Waals surface area contributed by atoms with Crippen molar-refractivity contribution in [1.82, 2.24) is 10.2 Å². The van der Waals surface area contributed by atoms with Crippen LogP contribution in [0.1, 0.15) is 36.3 Å². The van der Waals surface area contributed by atoms with Crippen molar-refractivity contribution in [3.8, 4) is 0 Å². The van der Waals surface area contributed by atoms with Crippen molar-refractivity contribution in [1.29, 1.82) is 0 Å². The molecule has 0 radical (unpaired) electrons. The molecular weight excluding hydrogens is 264 g/mol. The average Bonchev–Trinajstić information content (AvgIpc) is 3.24. The molecule has 1 fully saturated rings. The first-order chi connectivity index (χ1) is 10.2. The zero-order chi connectivity index (χ0) is 14.7. The number of furan rings is 1. The maximum Gasteiger partial charge on any atom is 0.118 e. The van der Waals surface area contributed by atoms with Crippen LogP contribution >= 0.6 is 0 Å². The standard InChI is InChI=1S/C17H26N2O2/c1-13-15(10-18-16-3-4-16)9-17(21-13)11-19-7-5-14(6-8-19)12-20-2/h5,9,16,18H,3-4,6-8,10-12H2,1-2H3. The summed E-state index contributed by atoms with van der Waals surface area (Å²) in [5.74, 6) is 2.15. The predicted octanol–water partition coefficient (Wildman–Crippen LogP) is 2.62. The monoisotopic (exact) mass is 290 g/mol. The number of aryl methyl sites for hydroxylation is 1. The van der Waals surface area contributed by atoms with E-state index < -0.39 is 0 Å². The van der Waals surface area contributed by atoms with Crippen molar-refractivity contribution >= 4 is 0 Å². The molecule has 1 aliphatic heterocycles. The number of ether oxygens (including phenoxy) is 1. The van der Waals surface area contributed by atoms with Gasteiger partial charge < -0.3 is 14.5 Å². The van der Waals surface area contributed by atoms with E-state index in [1.165, 1.54) is 24.0 Å². The molecule has 3 rings (SSSR count). The highest BCUT2D eigenvalue weighted by molar-refractivity contribution is 5.21. The first kappa shape index (κ1) is 14.8. The highest BCUT2D eigenvalue weighted by Crippen LogP contribution is 2.22. The van der Waals surface area contributed by atoms with Crippen LogP contribution in [0.2, 0.25) is 0 Å². The van der Waals surface area contributed by atoms with Gasteiger partial charge in [-0.1, -0.05) is 6.08 Å². The van der Waals surface area contributed by atoms with Gasteiger partial charge in [0.2, 0.25) is 0 Å². The third-order valence-corrected chi connectivity index (χ3v) is 4.33. The minimum absolute atomic E-state index is 0.745. The van der Waals surface area contributed by atoms with Gasteiger partial charge >= 0.3 is 0 Å². The van der Waals surface area contributed by atoms with Crippen molar-refractivity contribution < 1.29 is 9.15 Å². The van der Waals surface area contributed by atoms with Gasteiger partial charge in [0.05, 0.1) is 13.2 Å². The molecule has 1 saturated carbocycles. The third kappa shape index (κ3) is 4.19. The summed E-state index contributed by atoms with van der Waals surface area (Å²) in [5, 5.41) is 3.55. The summed E-state index contributed by atoms with van der Waals surface area (Å²) >= 11 is 0. The molecule has 1 N–H and O–H groups in total. The third-order valence-electron chi connectivity index (χ3n) is 4.33. The summed E-state index contributed by atoms with van der Waals surface area (Å²) < 4.78 is 11.1. The number of hydrogen-bond acceptors (Lipinski definition) is 4. The highest BCUT2D eigenvalue weighted by Gasteiger charge is 2.21. The summed E-state index contributed by atoms with van der Waals surface area (Å²) in [7, 11) is 1.76. The van der Waals surface area contributed by atoms with Crippen LogP contribution in [-0.4, -0.2) is 37.7 Å².